The van der Waals surface area contributed by atoms with E-state index in [-0.39, 0.29) is 49.5 Å². The highest BCUT2D eigenvalue weighted by Gasteiger charge is 2.29. The minimum atomic E-state index is -0.217. The van der Waals surface area contributed by atoms with Crippen molar-refractivity contribution in [1.29, 1.82) is 0 Å². The lowest BCUT2D eigenvalue weighted by molar-refractivity contribution is -0.134. The molecular formula is C32H34N2O5. The SMILES string of the molecule is CO[C@@H](c1ccc(N2C(=O)COc3ccccc32)cc1)[C@@H](C)/C=C/CC(=O)N1Cc2ccccc2C[C@H]1CO. The monoisotopic (exact) mass is 526 g/mol. The fourth-order valence-electron chi connectivity index (χ4n) is 5.50. The number of nitrogens with zero attached hydrogens (tertiary/aromatic N) is 2. The Labute approximate surface area is 229 Å². The third kappa shape index (κ3) is 5.60. The fraction of sp³-hybridized carbons (Fsp3) is 0.312. The number of ether oxygens (including phenoxy) is 2. The quantitative estimate of drug-likeness (QED) is 0.420. The summed E-state index contributed by atoms with van der Waals surface area (Å²) in [6, 6.07) is 23.2. The number of anilines is 2. The molecule has 5 rings (SSSR count). The summed E-state index contributed by atoms with van der Waals surface area (Å²) in [6.45, 7) is 2.53. The molecule has 3 aromatic rings. The van der Waals surface area contributed by atoms with Crippen molar-refractivity contribution < 1.29 is 24.2 Å². The van der Waals surface area contributed by atoms with Crippen LogP contribution in [0.4, 0.5) is 11.4 Å². The summed E-state index contributed by atoms with van der Waals surface area (Å²) < 4.78 is 11.4. The second-order valence-electron chi connectivity index (χ2n) is 10.1. The Morgan fingerprint density at radius 3 is 2.54 bits per heavy atom. The molecule has 0 unspecified atom stereocenters. The predicted molar refractivity (Wildman–Crippen MR) is 150 cm³/mol. The van der Waals surface area contributed by atoms with Gasteiger partial charge in [-0.05, 0) is 47.4 Å². The second-order valence-corrected chi connectivity index (χ2v) is 10.1. The van der Waals surface area contributed by atoms with Gasteiger partial charge in [0, 0.05) is 31.7 Å². The molecule has 0 aliphatic carbocycles. The molecule has 3 aromatic carbocycles. The van der Waals surface area contributed by atoms with Gasteiger partial charge in [-0.1, -0.05) is 67.6 Å². The molecule has 2 amide bonds. The molecule has 7 nitrogen and oxygen atoms in total. The number of para-hydroxylation sites is 2. The van der Waals surface area contributed by atoms with E-state index >= 15 is 0 Å². The van der Waals surface area contributed by atoms with Crippen molar-refractivity contribution in [3.8, 4) is 5.75 Å². The van der Waals surface area contributed by atoms with Gasteiger partial charge in [0.15, 0.2) is 6.61 Å². The number of hydrogen-bond donors (Lipinski definition) is 1. The highest BCUT2D eigenvalue weighted by Crippen LogP contribution is 2.37. The number of aliphatic hydroxyl groups excluding tert-OH is 1. The van der Waals surface area contributed by atoms with Crippen LogP contribution in [0.25, 0.3) is 0 Å². The van der Waals surface area contributed by atoms with E-state index in [0.717, 1.165) is 22.5 Å². The van der Waals surface area contributed by atoms with Gasteiger partial charge in [0.05, 0.1) is 24.4 Å². The van der Waals surface area contributed by atoms with Crippen LogP contribution in [0.2, 0.25) is 0 Å². The van der Waals surface area contributed by atoms with Crippen LogP contribution in [0, 0.1) is 5.92 Å². The van der Waals surface area contributed by atoms with Gasteiger partial charge in [-0.2, -0.15) is 0 Å². The summed E-state index contributed by atoms with van der Waals surface area (Å²) in [5, 5.41) is 9.89. The van der Waals surface area contributed by atoms with Crippen molar-refractivity contribution in [2.45, 2.75) is 38.5 Å². The first kappa shape index (κ1) is 26.7. The first-order valence-corrected chi connectivity index (χ1v) is 13.3. The van der Waals surface area contributed by atoms with E-state index < -0.39 is 0 Å². The Bertz CT molecular complexity index is 1350. The Morgan fingerprint density at radius 2 is 1.79 bits per heavy atom. The number of carbonyl (C=O) groups is 2. The molecule has 0 spiro atoms. The molecule has 0 saturated heterocycles. The van der Waals surface area contributed by atoms with Crippen molar-refractivity contribution in [2.75, 3.05) is 25.2 Å². The number of methoxy groups -OCH3 is 1. The van der Waals surface area contributed by atoms with Crippen molar-refractivity contribution in [2.24, 2.45) is 5.92 Å². The van der Waals surface area contributed by atoms with Gasteiger partial charge in [-0.15, -0.1) is 0 Å². The number of amides is 2. The summed E-state index contributed by atoms with van der Waals surface area (Å²) in [5.74, 6) is 0.575. The Balaban J connectivity index is 1.24. The smallest absolute Gasteiger partial charge is 0.269 e. The first-order valence-electron chi connectivity index (χ1n) is 13.3. The van der Waals surface area contributed by atoms with E-state index in [1.165, 1.54) is 5.56 Å². The van der Waals surface area contributed by atoms with E-state index in [2.05, 4.69) is 13.0 Å². The van der Waals surface area contributed by atoms with Gasteiger partial charge in [0.25, 0.3) is 5.91 Å². The highest BCUT2D eigenvalue weighted by molar-refractivity contribution is 6.04. The van der Waals surface area contributed by atoms with Gasteiger partial charge < -0.3 is 19.5 Å². The molecule has 0 radical (unpaired) electrons. The van der Waals surface area contributed by atoms with Gasteiger partial charge in [0.2, 0.25) is 5.91 Å². The van der Waals surface area contributed by atoms with Crippen LogP contribution in [0.15, 0.2) is 84.9 Å². The minimum absolute atomic E-state index is 0.000724. The average Bonchev–Trinajstić information content (AvgIpc) is 2.97. The van der Waals surface area contributed by atoms with E-state index in [1.54, 1.807) is 16.9 Å². The number of carbonyl (C=O) groups excluding carboxylic acids is 2. The Kier molecular flexibility index (Phi) is 8.10. The van der Waals surface area contributed by atoms with Crippen LogP contribution < -0.4 is 9.64 Å². The zero-order valence-corrected chi connectivity index (χ0v) is 22.3. The van der Waals surface area contributed by atoms with Crippen molar-refractivity contribution in [1.82, 2.24) is 4.90 Å². The van der Waals surface area contributed by atoms with Crippen LogP contribution >= 0.6 is 0 Å². The largest absolute Gasteiger partial charge is 0.482 e. The van der Waals surface area contributed by atoms with E-state index in [0.29, 0.717) is 18.7 Å². The van der Waals surface area contributed by atoms with Crippen LogP contribution in [-0.4, -0.2) is 48.2 Å². The van der Waals surface area contributed by atoms with Gasteiger partial charge in [-0.3, -0.25) is 14.5 Å². The molecular weight excluding hydrogens is 492 g/mol. The third-order valence-electron chi connectivity index (χ3n) is 7.54. The number of benzene rings is 3. The number of aliphatic hydroxyl groups is 1. The summed E-state index contributed by atoms with van der Waals surface area (Å²) in [6.07, 6.45) is 4.61. The van der Waals surface area contributed by atoms with Crippen molar-refractivity contribution >= 4 is 23.2 Å². The van der Waals surface area contributed by atoms with Crippen molar-refractivity contribution in [3.05, 3.63) is 102 Å². The second kappa shape index (κ2) is 11.8. The lowest BCUT2D eigenvalue weighted by atomic mass is 9.93. The predicted octanol–water partition coefficient (Wildman–Crippen LogP) is 4.96. The molecule has 0 aromatic heterocycles. The molecule has 0 bridgehead atoms. The Morgan fingerprint density at radius 1 is 1.08 bits per heavy atom. The zero-order chi connectivity index (χ0) is 27.4. The molecule has 2 aliphatic heterocycles. The van der Waals surface area contributed by atoms with Crippen LogP contribution in [0.3, 0.4) is 0 Å². The number of hydrogen-bond acceptors (Lipinski definition) is 5. The molecule has 7 heteroatoms. The third-order valence-corrected chi connectivity index (χ3v) is 7.54. The number of rotatable bonds is 8. The highest BCUT2D eigenvalue weighted by atomic mass is 16.5. The van der Waals surface area contributed by atoms with Gasteiger partial charge in [0.1, 0.15) is 5.75 Å². The fourth-order valence-corrected chi connectivity index (χ4v) is 5.50. The summed E-state index contributed by atoms with van der Waals surface area (Å²) in [7, 11) is 1.67. The molecule has 2 heterocycles. The molecule has 39 heavy (non-hydrogen) atoms. The van der Waals surface area contributed by atoms with E-state index in [9.17, 15) is 14.7 Å². The topological polar surface area (TPSA) is 79.3 Å². The molecule has 1 N–H and O–H groups in total. The van der Waals surface area contributed by atoms with Crippen LogP contribution in [0.1, 0.15) is 36.1 Å². The lowest BCUT2D eigenvalue weighted by Gasteiger charge is -2.36. The molecule has 3 atom stereocenters. The summed E-state index contributed by atoms with van der Waals surface area (Å²) in [4.78, 5) is 29.2. The maximum absolute atomic E-state index is 13.1. The maximum Gasteiger partial charge on any atom is 0.269 e. The minimum Gasteiger partial charge on any atom is -0.482 e. The molecule has 2 aliphatic rings. The number of fused-ring (bicyclic) bond motifs is 2. The molecule has 0 fully saturated rings. The van der Waals surface area contributed by atoms with Crippen molar-refractivity contribution in [3.63, 3.8) is 0 Å². The van der Waals surface area contributed by atoms with Gasteiger partial charge in [-0.25, -0.2) is 0 Å². The zero-order valence-electron chi connectivity index (χ0n) is 22.3. The standard InChI is InChI=1S/C32H34N2O5/c1-22(8-7-13-30(36)33-19-25-10-4-3-9-24(25)18-27(33)20-35)32(38-2)23-14-16-26(17-15-23)34-28-11-5-6-12-29(28)39-21-31(34)37/h3-12,14-17,22,27,32,35H,13,18-21H2,1-2H3/b8-7+/t22-,27-,32+/m0/s1. The maximum atomic E-state index is 13.1. The Hall–Kier alpha value is -3.94. The van der Waals surface area contributed by atoms with Crippen LogP contribution in [0.5, 0.6) is 5.75 Å². The summed E-state index contributed by atoms with van der Waals surface area (Å²) in [5.41, 5.74) is 4.81. The normalized spacial score (nSPS) is 18.3. The molecule has 202 valence electrons. The summed E-state index contributed by atoms with van der Waals surface area (Å²) >= 11 is 0. The first-order chi connectivity index (χ1) is 19.0. The van der Waals surface area contributed by atoms with Gasteiger partial charge >= 0.3 is 0 Å². The lowest BCUT2D eigenvalue weighted by Crippen LogP contribution is -2.46. The average molecular weight is 527 g/mol. The van der Waals surface area contributed by atoms with E-state index in [1.807, 2.05) is 78.9 Å². The molecule has 0 saturated carbocycles. The van der Waals surface area contributed by atoms with E-state index in [4.69, 9.17) is 9.47 Å². The van der Waals surface area contributed by atoms with Crippen LogP contribution in [-0.2, 0) is 27.3 Å².